The van der Waals surface area contributed by atoms with Crippen molar-refractivity contribution >= 4 is 44.9 Å². The molecule has 0 saturated heterocycles. The third-order valence-corrected chi connectivity index (χ3v) is 4.65. The molecule has 0 bridgehead atoms. The van der Waals surface area contributed by atoms with Crippen molar-refractivity contribution in [2.24, 2.45) is 0 Å². The number of aromatic nitrogens is 1. The van der Waals surface area contributed by atoms with Gasteiger partial charge in [-0.05, 0) is 36.2 Å². The molecule has 3 rings (SSSR count). The number of ether oxygens (including phenoxy) is 2. The summed E-state index contributed by atoms with van der Waals surface area (Å²) >= 11 is 3.60. The Kier molecular flexibility index (Phi) is 6.91. The molecule has 0 aliphatic rings. The average molecular weight is 424 g/mol. The van der Waals surface area contributed by atoms with Gasteiger partial charge in [0.05, 0.1) is 19.7 Å². The van der Waals surface area contributed by atoms with Crippen molar-refractivity contribution in [3.8, 4) is 11.5 Å². The molecule has 0 saturated carbocycles. The largest absolute Gasteiger partial charge is 0.493 e. The average Bonchev–Trinajstić information content (AvgIpc) is 2.62. The predicted octanol–water partition coefficient (Wildman–Crippen LogP) is 5.09. The first-order valence-electron chi connectivity index (χ1n) is 7.71. The number of anilines is 1. The van der Waals surface area contributed by atoms with Crippen molar-refractivity contribution in [3.05, 3.63) is 58.7 Å². The lowest BCUT2D eigenvalue weighted by Crippen LogP contribution is -2.06. The minimum absolute atomic E-state index is 0. The maximum atomic E-state index is 5.38. The van der Waals surface area contributed by atoms with Crippen LogP contribution in [0.4, 0.5) is 5.69 Å². The standard InChI is InChI=1S/C19H19BrN2O2.ClH/c1-23-18-11-13(15(20)12-19(18)24-2)7-9-21-17-8-10-22-16-6-4-3-5-14(16)17;/h3-6,8,10-12H,7,9H2,1-2H3,(H,21,22);1H. The first-order valence-corrected chi connectivity index (χ1v) is 8.50. The summed E-state index contributed by atoms with van der Waals surface area (Å²) in [4.78, 5) is 4.39. The van der Waals surface area contributed by atoms with Crippen LogP contribution in [0.25, 0.3) is 10.9 Å². The maximum absolute atomic E-state index is 5.38. The lowest BCUT2D eigenvalue weighted by Gasteiger charge is -2.13. The molecule has 0 atom stereocenters. The van der Waals surface area contributed by atoms with E-state index < -0.39 is 0 Å². The minimum atomic E-state index is 0. The van der Waals surface area contributed by atoms with Crippen LogP contribution in [0.5, 0.6) is 11.5 Å². The fourth-order valence-electron chi connectivity index (χ4n) is 2.67. The van der Waals surface area contributed by atoms with E-state index in [0.717, 1.165) is 45.5 Å². The third kappa shape index (κ3) is 4.35. The number of fused-ring (bicyclic) bond motifs is 1. The van der Waals surface area contributed by atoms with Gasteiger partial charge in [-0.15, -0.1) is 12.4 Å². The topological polar surface area (TPSA) is 43.4 Å². The Morgan fingerprint density at radius 2 is 1.76 bits per heavy atom. The van der Waals surface area contributed by atoms with Crippen molar-refractivity contribution in [1.29, 1.82) is 0 Å². The van der Waals surface area contributed by atoms with Crippen LogP contribution in [-0.2, 0) is 6.42 Å². The van der Waals surface area contributed by atoms with Gasteiger partial charge < -0.3 is 14.8 Å². The Balaban J connectivity index is 0.00000225. The summed E-state index contributed by atoms with van der Waals surface area (Å²) in [7, 11) is 3.29. The van der Waals surface area contributed by atoms with Gasteiger partial charge in [0.15, 0.2) is 11.5 Å². The molecule has 25 heavy (non-hydrogen) atoms. The van der Waals surface area contributed by atoms with Crippen LogP contribution in [0.15, 0.2) is 53.1 Å². The molecule has 132 valence electrons. The van der Waals surface area contributed by atoms with Crippen molar-refractivity contribution in [2.75, 3.05) is 26.1 Å². The monoisotopic (exact) mass is 422 g/mol. The molecule has 0 amide bonds. The number of pyridine rings is 1. The van der Waals surface area contributed by atoms with Gasteiger partial charge in [0.25, 0.3) is 0 Å². The first kappa shape index (κ1) is 19.3. The molecule has 0 aliphatic carbocycles. The molecule has 0 fully saturated rings. The zero-order valence-corrected chi connectivity index (χ0v) is 16.5. The number of methoxy groups -OCH3 is 2. The number of halogens is 2. The molecule has 1 aromatic heterocycles. The molecule has 1 N–H and O–H groups in total. The molecule has 4 nitrogen and oxygen atoms in total. The Labute approximate surface area is 162 Å². The van der Waals surface area contributed by atoms with E-state index in [2.05, 4.69) is 32.3 Å². The number of benzene rings is 2. The zero-order chi connectivity index (χ0) is 16.9. The molecule has 0 aliphatic heterocycles. The van der Waals surface area contributed by atoms with Crippen LogP contribution in [0.3, 0.4) is 0 Å². The molecule has 0 radical (unpaired) electrons. The molecular weight excluding hydrogens is 404 g/mol. The van der Waals surface area contributed by atoms with Crippen LogP contribution >= 0.6 is 28.3 Å². The lowest BCUT2D eigenvalue weighted by molar-refractivity contribution is 0.354. The summed E-state index contributed by atoms with van der Waals surface area (Å²) in [6.45, 7) is 0.808. The summed E-state index contributed by atoms with van der Waals surface area (Å²) in [5, 5.41) is 4.63. The van der Waals surface area contributed by atoms with E-state index in [1.165, 1.54) is 5.56 Å². The van der Waals surface area contributed by atoms with Crippen LogP contribution in [-0.4, -0.2) is 25.7 Å². The van der Waals surface area contributed by atoms with Crippen LogP contribution in [0, 0.1) is 0 Å². The molecule has 0 spiro atoms. The number of hydrogen-bond acceptors (Lipinski definition) is 4. The SMILES string of the molecule is COc1cc(Br)c(CCNc2ccnc3ccccc23)cc1OC.Cl. The van der Waals surface area contributed by atoms with E-state index >= 15 is 0 Å². The van der Waals surface area contributed by atoms with E-state index in [-0.39, 0.29) is 12.4 Å². The predicted molar refractivity (Wildman–Crippen MR) is 108 cm³/mol. The second kappa shape index (κ2) is 8.92. The number of para-hydroxylation sites is 1. The molecular formula is C19H20BrClN2O2. The summed E-state index contributed by atoms with van der Waals surface area (Å²) in [6, 6.07) is 14.1. The first-order chi connectivity index (χ1) is 11.7. The van der Waals surface area contributed by atoms with E-state index in [1.807, 2.05) is 42.6 Å². The number of hydrogen-bond donors (Lipinski definition) is 1. The van der Waals surface area contributed by atoms with Crippen molar-refractivity contribution in [2.45, 2.75) is 6.42 Å². The van der Waals surface area contributed by atoms with Gasteiger partial charge in [0, 0.05) is 28.3 Å². The highest BCUT2D eigenvalue weighted by molar-refractivity contribution is 9.10. The molecule has 3 aromatic rings. The molecule has 6 heteroatoms. The number of nitrogens with one attached hydrogen (secondary N) is 1. The van der Waals surface area contributed by atoms with Gasteiger partial charge >= 0.3 is 0 Å². The summed E-state index contributed by atoms with van der Waals surface area (Å²) < 4.78 is 11.7. The number of rotatable bonds is 6. The highest BCUT2D eigenvalue weighted by Gasteiger charge is 2.09. The second-order valence-electron chi connectivity index (χ2n) is 5.35. The van der Waals surface area contributed by atoms with Crippen molar-refractivity contribution < 1.29 is 9.47 Å². The lowest BCUT2D eigenvalue weighted by atomic mass is 10.1. The minimum Gasteiger partial charge on any atom is -0.493 e. The highest BCUT2D eigenvalue weighted by atomic mass is 79.9. The van der Waals surface area contributed by atoms with Crippen molar-refractivity contribution in [1.82, 2.24) is 4.98 Å². The molecule has 0 unspecified atom stereocenters. The Morgan fingerprint density at radius 3 is 2.52 bits per heavy atom. The van der Waals surface area contributed by atoms with E-state index in [4.69, 9.17) is 9.47 Å². The summed E-state index contributed by atoms with van der Waals surface area (Å²) in [5.41, 5.74) is 3.26. The van der Waals surface area contributed by atoms with Gasteiger partial charge in [-0.2, -0.15) is 0 Å². The van der Waals surface area contributed by atoms with Crippen LogP contribution in [0.1, 0.15) is 5.56 Å². The van der Waals surface area contributed by atoms with Gasteiger partial charge in [-0.25, -0.2) is 0 Å². The van der Waals surface area contributed by atoms with E-state index in [0.29, 0.717) is 0 Å². The normalized spacial score (nSPS) is 10.2. The van der Waals surface area contributed by atoms with Gasteiger partial charge in [-0.3, -0.25) is 4.98 Å². The third-order valence-electron chi connectivity index (χ3n) is 3.91. The van der Waals surface area contributed by atoms with Crippen LogP contribution in [0.2, 0.25) is 0 Å². The Bertz CT molecular complexity index is 853. The maximum Gasteiger partial charge on any atom is 0.161 e. The zero-order valence-electron chi connectivity index (χ0n) is 14.1. The van der Waals surface area contributed by atoms with Gasteiger partial charge in [0.1, 0.15) is 0 Å². The second-order valence-corrected chi connectivity index (χ2v) is 6.21. The highest BCUT2D eigenvalue weighted by Crippen LogP contribution is 2.33. The van der Waals surface area contributed by atoms with Gasteiger partial charge in [-0.1, -0.05) is 34.1 Å². The molecule has 1 heterocycles. The van der Waals surface area contributed by atoms with E-state index in [1.54, 1.807) is 14.2 Å². The molecule has 2 aromatic carbocycles. The Hall–Kier alpha value is -1.98. The Morgan fingerprint density at radius 1 is 1.04 bits per heavy atom. The van der Waals surface area contributed by atoms with Crippen LogP contribution < -0.4 is 14.8 Å². The smallest absolute Gasteiger partial charge is 0.161 e. The number of nitrogens with zero attached hydrogens (tertiary/aromatic N) is 1. The van der Waals surface area contributed by atoms with Gasteiger partial charge in [0.2, 0.25) is 0 Å². The fraction of sp³-hybridized carbons (Fsp3) is 0.211. The van der Waals surface area contributed by atoms with Crippen molar-refractivity contribution in [3.63, 3.8) is 0 Å². The summed E-state index contributed by atoms with van der Waals surface area (Å²) in [5.74, 6) is 1.46. The van der Waals surface area contributed by atoms with E-state index in [9.17, 15) is 0 Å². The summed E-state index contributed by atoms with van der Waals surface area (Å²) in [6.07, 6.45) is 2.69. The fourth-order valence-corrected chi connectivity index (χ4v) is 3.19. The quantitative estimate of drug-likeness (QED) is 0.599.